The van der Waals surface area contributed by atoms with Crippen molar-refractivity contribution in [3.63, 3.8) is 0 Å². The molecule has 2 fully saturated rings. The summed E-state index contributed by atoms with van der Waals surface area (Å²) in [6.07, 6.45) is 6.95. The summed E-state index contributed by atoms with van der Waals surface area (Å²) >= 11 is 1.48. The molecule has 0 saturated carbocycles. The standard InChI is InChI=1S/C29H35N5OS/c1-23-9-11-25(12-10-23)22-27-30-29(36-31-27)34-16-13-26(14-17-34)28(35)33-20-18-32(19-21-33)15-5-8-24-6-3-2-4-7-24/h2-12,26H,13-22H2,1H3/b8-5+. The second-order valence-corrected chi connectivity index (χ2v) is 10.6. The maximum atomic E-state index is 13.2. The van der Waals surface area contributed by atoms with E-state index in [2.05, 4.69) is 86.7 Å². The molecule has 1 aromatic heterocycles. The Balaban J connectivity index is 1.05. The molecule has 36 heavy (non-hydrogen) atoms. The molecule has 0 atom stereocenters. The summed E-state index contributed by atoms with van der Waals surface area (Å²) in [6, 6.07) is 19.0. The van der Waals surface area contributed by atoms with Crippen LogP contribution in [0.15, 0.2) is 60.7 Å². The van der Waals surface area contributed by atoms with Crippen LogP contribution in [-0.2, 0) is 11.2 Å². The summed E-state index contributed by atoms with van der Waals surface area (Å²) in [6.45, 7) is 8.33. The number of aromatic nitrogens is 2. The first kappa shape index (κ1) is 24.7. The molecule has 0 N–H and O–H groups in total. The van der Waals surface area contributed by atoms with E-state index >= 15 is 0 Å². The molecule has 7 heteroatoms. The number of amides is 1. The lowest BCUT2D eigenvalue weighted by molar-refractivity contribution is -0.137. The van der Waals surface area contributed by atoms with E-state index < -0.39 is 0 Å². The predicted octanol–water partition coefficient (Wildman–Crippen LogP) is 4.51. The molecule has 188 valence electrons. The molecule has 0 spiro atoms. The Morgan fingerprint density at radius 1 is 0.972 bits per heavy atom. The third-order valence-corrected chi connectivity index (χ3v) is 8.03. The van der Waals surface area contributed by atoms with Gasteiger partial charge in [0.15, 0.2) is 0 Å². The monoisotopic (exact) mass is 501 g/mol. The van der Waals surface area contributed by atoms with E-state index in [9.17, 15) is 4.79 Å². The minimum atomic E-state index is 0.130. The molecule has 0 radical (unpaired) electrons. The Kier molecular flexibility index (Phi) is 8.08. The van der Waals surface area contributed by atoms with Gasteiger partial charge in [-0.05, 0) is 30.9 Å². The first-order chi connectivity index (χ1) is 17.6. The summed E-state index contributed by atoms with van der Waals surface area (Å²) < 4.78 is 4.59. The van der Waals surface area contributed by atoms with Gasteiger partial charge in [0.1, 0.15) is 5.82 Å². The number of benzene rings is 2. The molecular weight excluding hydrogens is 466 g/mol. The van der Waals surface area contributed by atoms with Gasteiger partial charge in [-0.1, -0.05) is 72.3 Å². The van der Waals surface area contributed by atoms with Gasteiger partial charge in [-0.15, -0.1) is 0 Å². The fraction of sp³-hybridized carbons (Fsp3) is 0.414. The van der Waals surface area contributed by atoms with Crippen molar-refractivity contribution in [3.05, 3.63) is 83.2 Å². The van der Waals surface area contributed by atoms with E-state index in [1.807, 2.05) is 6.07 Å². The van der Waals surface area contributed by atoms with Gasteiger partial charge in [-0.3, -0.25) is 9.69 Å². The highest BCUT2D eigenvalue weighted by Crippen LogP contribution is 2.27. The number of aryl methyl sites for hydroxylation is 1. The first-order valence-corrected chi connectivity index (χ1v) is 13.8. The Hall–Kier alpha value is -3.03. The molecule has 2 saturated heterocycles. The summed E-state index contributed by atoms with van der Waals surface area (Å²) in [5, 5.41) is 0.986. The van der Waals surface area contributed by atoms with E-state index in [0.29, 0.717) is 5.91 Å². The van der Waals surface area contributed by atoms with Crippen LogP contribution in [0.4, 0.5) is 5.13 Å². The zero-order valence-corrected chi connectivity index (χ0v) is 21.9. The number of piperidine rings is 1. The second kappa shape index (κ2) is 11.8. The van der Waals surface area contributed by atoms with Crippen LogP contribution in [0, 0.1) is 12.8 Å². The number of anilines is 1. The molecule has 3 heterocycles. The third-order valence-electron chi connectivity index (χ3n) is 7.21. The Morgan fingerprint density at radius 3 is 2.42 bits per heavy atom. The number of hydrogen-bond acceptors (Lipinski definition) is 6. The van der Waals surface area contributed by atoms with Crippen LogP contribution in [0.3, 0.4) is 0 Å². The lowest BCUT2D eigenvalue weighted by atomic mass is 9.95. The van der Waals surface area contributed by atoms with Crippen LogP contribution >= 0.6 is 11.5 Å². The summed E-state index contributed by atoms with van der Waals surface area (Å²) in [5.74, 6) is 1.35. The SMILES string of the molecule is Cc1ccc(Cc2nsc(N3CCC(C(=O)N4CCN(C/C=C/c5ccccc5)CC4)CC3)n2)cc1. The molecule has 3 aromatic rings. The van der Waals surface area contributed by atoms with Gasteiger partial charge in [0, 0.05) is 69.7 Å². The number of hydrogen-bond donors (Lipinski definition) is 0. The average Bonchev–Trinajstić information content (AvgIpc) is 3.39. The molecule has 2 aromatic carbocycles. The second-order valence-electron chi connectivity index (χ2n) is 9.86. The lowest BCUT2D eigenvalue weighted by Crippen LogP contribution is -2.51. The molecule has 6 nitrogen and oxygen atoms in total. The number of rotatable bonds is 7. The first-order valence-electron chi connectivity index (χ1n) is 13.0. The highest BCUT2D eigenvalue weighted by atomic mass is 32.1. The van der Waals surface area contributed by atoms with Crippen LogP contribution in [0.2, 0.25) is 0 Å². The predicted molar refractivity (Wildman–Crippen MR) is 147 cm³/mol. The number of piperazine rings is 1. The number of carbonyl (C=O) groups is 1. The van der Waals surface area contributed by atoms with Gasteiger partial charge >= 0.3 is 0 Å². The van der Waals surface area contributed by atoms with E-state index in [4.69, 9.17) is 4.98 Å². The summed E-state index contributed by atoms with van der Waals surface area (Å²) in [7, 11) is 0. The smallest absolute Gasteiger partial charge is 0.225 e. The third kappa shape index (κ3) is 6.39. The van der Waals surface area contributed by atoms with Gasteiger partial charge in [-0.2, -0.15) is 4.37 Å². The molecule has 2 aliphatic heterocycles. The van der Waals surface area contributed by atoms with Crippen molar-refractivity contribution >= 4 is 28.6 Å². The van der Waals surface area contributed by atoms with Gasteiger partial charge < -0.3 is 9.80 Å². The van der Waals surface area contributed by atoms with Crippen molar-refractivity contribution < 1.29 is 4.79 Å². The zero-order chi connectivity index (χ0) is 24.7. The van der Waals surface area contributed by atoms with Gasteiger partial charge in [0.05, 0.1) is 0 Å². The normalized spacial score (nSPS) is 17.7. The van der Waals surface area contributed by atoms with E-state index in [-0.39, 0.29) is 5.92 Å². The molecule has 0 unspecified atom stereocenters. The highest BCUT2D eigenvalue weighted by Gasteiger charge is 2.31. The summed E-state index contributed by atoms with van der Waals surface area (Å²) in [4.78, 5) is 24.8. The maximum Gasteiger partial charge on any atom is 0.225 e. The zero-order valence-electron chi connectivity index (χ0n) is 21.1. The topological polar surface area (TPSA) is 52.6 Å². The molecule has 2 aliphatic rings. The van der Waals surface area contributed by atoms with Crippen LogP contribution < -0.4 is 4.90 Å². The van der Waals surface area contributed by atoms with Crippen molar-refractivity contribution in [2.75, 3.05) is 50.7 Å². The van der Waals surface area contributed by atoms with E-state index in [1.165, 1.54) is 28.2 Å². The van der Waals surface area contributed by atoms with Crippen molar-refractivity contribution in [3.8, 4) is 0 Å². The molecule has 0 aliphatic carbocycles. The van der Waals surface area contributed by atoms with Crippen molar-refractivity contribution in [2.45, 2.75) is 26.2 Å². The Labute approximate surface area is 218 Å². The lowest BCUT2D eigenvalue weighted by Gasteiger charge is -2.38. The van der Waals surface area contributed by atoms with Crippen molar-refractivity contribution in [2.24, 2.45) is 5.92 Å². The molecule has 1 amide bonds. The van der Waals surface area contributed by atoms with Gasteiger partial charge in [0.25, 0.3) is 0 Å². The molecule has 5 rings (SSSR count). The average molecular weight is 502 g/mol. The highest BCUT2D eigenvalue weighted by molar-refractivity contribution is 7.09. The van der Waals surface area contributed by atoms with Crippen LogP contribution in [0.25, 0.3) is 6.08 Å². The summed E-state index contributed by atoms with van der Waals surface area (Å²) in [5.41, 5.74) is 3.73. The minimum Gasteiger partial charge on any atom is -0.347 e. The maximum absolute atomic E-state index is 13.2. The van der Waals surface area contributed by atoms with Crippen LogP contribution in [0.1, 0.15) is 35.4 Å². The molecule has 0 bridgehead atoms. The van der Waals surface area contributed by atoms with E-state index in [0.717, 1.165) is 76.0 Å². The Morgan fingerprint density at radius 2 is 1.69 bits per heavy atom. The number of carbonyl (C=O) groups excluding carboxylic acids is 1. The largest absolute Gasteiger partial charge is 0.347 e. The van der Waals surface area contributed by atoms with Gasteiger partial charge in [0.2, 0.25) is 11.0 Å². The fourth-order valence-electron chi connectivity index (χ4n) is 4.96. The van der Waals surface area contributed by atoms with Crippen LogP contribution in [0.5, 0.6) is 0 Å². The fourth-order valence-corrected chi connectivity index (χ4v) is 5.70. The van der Waals surface area contributed by atoms with Gasteiger partial charge in [-0.25, -0.2) is 4.98 Å². The number of nitrogens with zero attached hydrogens (tertiary/aromatic N) is 5. The Bertz CT molecular complexity index is 1140. The van der Waals surface area contributed by atoms with Crippen molar-refractivity contribution in [1.82, 2.24) is 19.2 Å². The van der Waals surface area contributed by atoms with Crippen LogP contribution in [-0.4, -0.2) is 70.9 Å². The minimum absolute atomic E-state index is 0.130. The van der Waals surface area contributed by atoms with E-state index in [1.54, 1.807) is 0 Å². The quantitative estimate of drug-likeness (QED) is 0.477. The van der Waals surface area contributed by atoms with Crippen molar-refractivity contribution in [1.29, 1.82) is 0 Å². The molecular formula is C29H35N5OS.